The molecule has 0 aliphatic carbocycles. The smallest absolute Gasteiger partial charge is 0.323 e. The maximum Gasteiger partial charge on any atom is 0.332 e. The predicted octanol–water partition coefficient (Wildman–Crippen LogP) is -0.890. The number of aromatic nitrogens is 5. The van der Waals surface area contributed by atoms with Crippen LogP contribution in [0.3, 0.4) is 0 Å². The van der Waals surface area contributed by atoms with E-state index in [9.17, 15) is 14.4 Å². The molecule has 8 heteroatoms. The molecule has 0 aliphatic heterocycles. The second-order valence-electron chi connectivity index (χ2n) is 4.46. The highest BCUT2D eigenvalue weighted by Gasteiger charge is 2.17. The van der Waals surface area contributed by atoms with Crippen LogP contribution in [0.15, 0.2) is 14.4 Å². The van der Waals surface area contributed by atoms with E-state index in [1.165, 1.54) is 18.7 Å². The summed E-state index contributed by atoms with van der Waals surface area (Å²) in [6.45, 7) is 1.70. The Labute approximate surface area is 105 Å². The Balaban J connectivity index is 2.81. The summed E-state index contributed by atoms with van der Waals surface area (Å²) in [7, 11) is 2.83. The van der Waals surface area contributed by atoms with E-state index in [0.717, 1.165) is 4.57 Å². The SMILES string of the molecule is Cc1[nH]nc2[nH]c3c(c(=O)c12)c(=O)n(C)c(=O)n3C. The maximum absolute atomic E-state index is 12.4. The summed E-state index contributed by atoms with van der Waals surface area (Å²) in [5, 5.41) is 6.93. The highest BCUT2D eigenvalue weighted by atomic mass is 16.2. The molecule has 0 atom stereocenters. The fourth-order valence-electron chi connectivity index (χ4n) is 2.23. The first-order chi connectivity index (χ1) is 8.93. The lowest BCUT2D eigenvalue weighted by atomic mass is 10.2. The molecule has 2 N–H and O–H groups in total. The number of nitrogens with zero attached hydrogens (tertiary/aromatic N) is 3. The number of H-pyrrole nitrogens is 2. The van der Waals surface area contributed by atoms with Crippen LogP contribution in [0, 0.1) is 6.92 Å². The van der Waals surface area contributed by atoms with E-state index in [-0.39, 0.29) is 11.0 Å². The Morgan fingerprint density at radius 2 is 1.74 bits per heavy atom. The first-order valence-corrected chi connectivity index (χ1v) is 5.60. The highest BCUT2D eigenvalue weighted by Crippen LogP contribution is 2.11. The topological polar surface area (TPSA) is 106 Å². The summed E-state index contributed by atoms with van der Waals surface area (Å²) in [5.41, 5.74) is -0.447. The van der Waals surface area contributed by atoms with Gasteiger partial charge >= 0.3 is 5.69 Å². The predicted molar refractivity (Wildman–Crippen MR) is 69.4 cm³/mol. The van der Waals surface area contributed by atoms with Crippen LogP contribution in [-0.4, -0.2) is 24.3 Å². The van der Waals surface area contributed by atoms with Gasteiger partial charge in [-0.05, 0) is 6.92 Å². The average Bonchev–Trinajstić information content (AvgIpc) is 2.75. The Hall–Kier alpha value is -2.64. The van der Waals surface area contributed by atoms with Crippen LogP contribution >= 0.6 is 0 Å². The fraction of sp³-hybridized carbons (Fsp3) is 0.273. The minimum Gasteiger partial charge on any atom is -0.323 e. The third-order valence-electron chi connectivity index (χ3n) is 3.30. The van der Waals surface area contributed by atoms with Gasteiger partial charge in [-0.3, -0.25) is 23.8 Å². The molecule has 0 fully saturated rings. The van der Waals surface area contributed by atoms with Gasteiger partial charge in [0.2, 0.25) is 5.43 Å². The van der Waals surface area contributed by atoms with Gasteiger partial charge in [0.1, 0.15) is 11.0 Å². The van der Waals surface area contributed by atoms with Crippen molar-refractivity contribution in [2.24, 2.45) is 14.1 Å². The lowest BCUT2D eigenvalue weighted by Gasteiger charge is -2.06. The van der Waals surface area contributed by atoms with Crippen LogP contribution in [0.5, 0.6) is 0 Å². The Bertz CT molecular complexity index is 1000. The molecule has 0 spiro atoms. The first-order valence-electron chi connectivity index (χ1n) is 5.60. The van der Waals surface area contributed by atoms with Crippen molar-refractivity contribution >= 4 is 22.1 Å². The summed E-state index contributed by atoms with van der Waals surface area (Å²) in [6.07, 6.45) is 0. The molecule has 98 valence electrons. The van der Waals surface area contributed by atoms with Gasteiger partial charge in [0.05, 0.1) is 5.39 Å². The zero-order chi connectivity index (χ0) is 13.9. The molecule has 0 amide bonds. The van der Waals surface area contributed by atoms with Gasteiger partial charge in [0, 0.05) is 19.8 Å². The van der Waals surface area contributed by atoms with Gasteiger partial charge in [-0.1, -0.05) is 0 Å². The monoisotopic (exact) mass is 261 g/mol. The molecule has 0 unspecified atom stereocenters. The van der Waals surface area contributed by atoms with Gasteiger partial charge in [-0.2, -0.15) is 5.10 Å². The quantitative estimate of drug-likeness (QED) is 0.547. The molecule has 0 saturated heterocycles. The number of aryl methyl sites for hydroxylation is 2. The number of rotatable bonds is 0. The number of pyridine rings is 1. The summed E-state index contributed by atoms with van der Waals surface area (Å²) in [6, 6.07) is 0. The number of aromatic amines is 2. The molecule has 3 aromatic heterocycles. The zero-order valence-corrected chi connectivity index (χ0v) is 10.6. The number of hydrogen-bond donors (Lipinski definition) is 2. The molecule has 0 bridgehead atoms. The van der Waals surface area contributed by atoms with Gasteiger partial charge in [-0.15, -0.1) is 0 Å². The molecule has 0 radical (unpaired) electrons. The third kappa shape index (κ3) is 1.28. The van der Waals surface area contributed by atoms with Crippen molar-refractivity contribution in [3.8, 4) is 0 Å². The van der Waals surface area contributed by atoms with Crippen molar-refractivity contribution in [2.45, 2.75) is 6.92 Å². The minimum absolute atomic E-state index is 0.0402. The molecular formula is C11H11N5O3. The molecule has 3 rings (SSSR count). The van der Waals surface area contributed by atoms with E-state index in [1.807, 2.05) is 0 Å². The molecule has 19 heavy (non-hydrogen) atoms. The standard InChI is InChI=1S/C11H11N5O3/c1-4-5-7(17)6-9(12-8(5)14-13-4)15(2)11(19)16(3)10(6)18/h1-3H3,(H2,12,13,14,17). The second-order valence-corrected chi connectivity index (χ2v) is 4.46. The van der Waals surface area contributed by atoms with E-state index in [4.69, 9.17) is 0 Å². The zero-order valence-electron chi connectivity index (χ0n) is 10.6. The largest absolute Gasteiger partial charge is 0.332 e. The van der Waals surface area contributed by atoms with Crippen molar-refractivity contribution in [1.29, 1.82) is 0 Å². The van der Waals surface area contributed by atoms with E-state index in [1.54, 1.807) is 6.92 Å². The molecule has 3 aromatic rings. The van der Waals surface area contributed by atoms with Crippen molar-refractivity contribution in [3.63, 3.8) is 0 Å². The molecular weight excluding hydrogens is 250 g/mol. The summed E-state index contributed by atoms with van der Waals surface area (Å²) >= 11 is 0. The van der Waals surface area contributed by atoms with Crippen LogP contribution in [0.1, 0.15) is 5.69 Å². The number of hydrogen-bond acceptors (Lipinski definition) is 4. The van der Waals surface area contributed by atoms with Crippen LogP contribution in [0.4, 0.5) is 0 Å². The van der Waals surface area contributed by atoms with Gasteiger partial charge in [0.15, 0.2) is 5.65 Å². The summed E-state index contributed by atoms with van der Waals surface area (Å²) in [5.74, 6) is 0. The van der Waals surface area contributed by atoms with Crippen LogP contribution in [-0.2, 0) is 14.1 Å². The highest BCUT2D eigenvalue weighted by molar-refractivity contribution is 5.89. The Kier molecular flexibility index (Phi) is 2.07. The van der Waals surface area contributed by atoms with E-state index in [0.29, 0.717) is 16.7 Å². The van der Waals surface area contributed by atoms with Gasteiger partial charge < -0.3 is 4.98 Å². The van der Waals surface area contributed by atoms with E-state index in [2.05, 4.69) is 15.2 Å². The maximum atomic E-state index is 12.4. The van der Waals surface area contributed by atoms with Crippen molar-refractivity contribution < 1.29 is 0 Å². The first kappa shape index (κ1) is 11.5. The number of nitrogens with one attached hydrogen (secondary N) is 2. The molecule has 0 aromatic carbocycles. The molecule has 0 saturated carbocycles. The summed E-state index contributed by atoms with van der Waals surface area (Å²) < 4.78 is 2.14. The summed E-state index contributed by atoms with van der Waals surface area (Å²) in [4.78, 5) is 39.2. The minimum atomic E-state index is -0.609. The Morgan fingerprint density at radius 3 is 2.42 bits per heavy atom. The normalized spacial score (nSPS) is 11.5. The number of fused-ring (bicyclic) bond motifs is 2. The van der Waals surface area contributed by atoms with Crippen molar-refractivity contribution in [1.82, 2.24) is 24.3 Å². The molecule has 0 aliphatic rings. The van der Waals surface area contributed by atoms with Gasteiger partial charge in [-0.25, -0.2) is 4.79 Å². The second kappa shape index (κ2) is 3.44. The van der Waals surface area contributed by atoms with E-state index < -0.39 is 16.7 Å². The van der Waals surface area contributed by atoms with E-state index >= 15 is 0 Å². The lowest BCUT2D eigenvalue weighted by Crippen LogP contribution is -2.39. The third-order valence-corrected chi connectivity index (χ3v) is 3.30. The fourth-order valence-corrected chi connectivity index (χ4v) is 2.23. The molecule has 8 nitrogen and oxygen atoms in total. The van der Waals surface area contributed by atoms with Crippen LogP contribution < -0.4 is 16.7 Å². The van der Waals surface area contributed by atoms with Crippen molar-refractivity contribution in [3.05, 3.63) is 36.8 Å². The van der Waals surface area contributed by atoms with Gasteiger partial charge in [0.25, 0.3) is 5.56 Å². The average molecular weight is 261 g/mol. The van der Waals surface area contributed by atoms with Crippen LogP contribution in [0.2, 0.25) is 0 Å². The lowest BCUT2D eigenvalue weighted by molar-refractivity contribution is 0.708. The van der Waals surface area contributed by atoms with Crippen LogP contribution in [0.25, 0.3) is 22.1 Å². The van der Waals surface area contributed by atoms with Crippen molar-refractivity contribution in [2.75, 3.05) is 0 Å². The molecule has 3 heterocycles. The Morgan fingerprint density at radius 1 is 1.05 bits per heavy atom.